The fourth-order valence-electron chi connectivity index (χ4n) is 2.07. The molecule has 0 saturated carbocycles. The lowest BCUT2D eigenvalue weighted by molar-refractivity contribution is 0.0689. The first-order valence-corrected chi connectivity index (χ1v) is 6.01. The first-order valence-electron chi connectivity index (χ1n) is 6.01. The van der Waals surface area contributed by atoms with Gasteiger partial charge in [0.2, 0.25) is 6.79 Å². The van der Waals surface area contributed by atoms with Gasteiger partial charge in [-0.3, -0.25) is 4.68 Å². The summed E-state index contributed by atoms with van der Waals surface area (Å²) in [5.41, 5.74) is 1.29. The Morgan fingerprint density at radius 2 is 2.10 bits per heavy atom. The van der Waals surface area contributed by atoms with E-state index in [4.69, 9.17) is 19.7 Å². The molecule has 2 N–H and O–H groups in total. The standard InChI is InChI=1S/C13H12N2O5/c16-4-3-15-10(6-9(14-15)13(17)18)8-1-2-11-12(5-8)20-7-19-11/h1-2,5-6,16H,3-4,7H2,(H,17,18). The number of ether oxygens (including phenoxy) is 2. The number of aromatic nitrogens is 2. The number of carboxylic acids is 1. The smallest absolute Gasteiger partial charge is 0.356 e. The molecule has 0 aliphatic carbocycles. The van der Waals surface area contributed by atoms with Gasteiger partial charge in [0.15, 0.2) is 17.2 Å². The summed E-state index contributed by atoms with van der Waals surface area (Å²) < 4.78 is 12.0. The molecule has 7 nitrogen and oxygen atoms in total. The van der Waals surface area contributed by atoms with E-state index in [0.29, 0.717) is 17.2 Å². The Hall–Kier alpha value is -2.54. The molecule has 2 heterocycles. The van der Waals surface area contributed by atoms with Gasteiger partial charge in [0, 0.05) is 5.56 Å². The minimum absolute atomic E-state index is 0.0638. The number of aliphatic hydroxyl groups excluding tert-OH is 1. The summed E-state index contributed by atoms with van der Waals surface area (Å²) in [6.07, 6.45) is 0. The van der Waals surface area contributed by atoms with E-state index in [0.717, 1.165) is 5.56 Å². The molecule has 2 aromatic rings. The van der Waals surface area contributed by atoms with E-state index in [1.165, 1.54) is 10.7 Å². The van der Waals surface area contributed by atoms with Crippen LogP contribution in [0, 0.1) is 0 Å². The van der Waals surface area contributed by atoms with Crippen molar-refractivity contribution >= 4 is 5.97 Å². The van der Waals surface area contributed by atoms with E-state index in [-0.39, 0.29) is 25.6 Å². The van der Waals surface area contributed by atoms with Crippen molar-refractivity contribution in [3.05, 3.63) is 30.0 Å². The van der Waals surface area contributed by atoms with Gasteiger partial charge in [-0.2, -0.15) is 5.10 Å². The zero-order chi connectivity index (χ0) is 14.1. The molecule has 0 bridgehead atoms. The van der Waals surface area contributed by atoms with Gasteiger partial charge >= 0.3 is 5.97 Å². The molecule has 1 aliphatic rings. The number of aromatic carboxylic acids is 1. The minimum atomic E-state index is -1.11. The molecule has 0 amide bonds. The fourth-order valence-corrected chi connectivity index (χ4v) is 2.07. The third-order valence-electron chi connectivity index (χ3n) is 2.98. The summed E-state index contributed by atoms with van der Waals surface area (Å²) in [5, 5.41) is 22.0. The zero-order valence-electron chi connectivity index (χ0n) is 10.4. The third-order valence-corrected chi connectivity index (χ3v) is 2.98. The molecule has 1 aromatic carbocycles. The van der Waals surface area contributed by atoms with Crippen molar-refractivity contribution in [2.24, 2.45) is 0 Å². The van der Waals surface area contributed by atoms with Crippen molar-refractivity contribution in [1.82, 2.24) is 9.78 Å². The summed E-state index contributed by atoms with van der Waals surface area (Å²) in [7, 11) is 0. The number of carbonyl (C=O) groups is 1. The van der Waals surface area contributed by atoms with Crippen LogP contribution in [-0.2, 0) is 6.54 Å². The highest BCUT2D eigenvalue weighted by Gasteiger charge is 2.18. The second-order valence-corrected chi connectivity index (χ2v) is 4.23. The van der Waals surface area contributed by atoms with E-state index in [2.05, 4.69) is 5.10 Å². The number of aliphatic hydroxyl groups is 1. The Bertz CT molecular complexity index is 665. The van der Waals surface area contributed by atoms with Crippen LogP contribution in [0.25, 0.3) is 11.3 Å². The summed E-state index contributed by atoms with van der Waals surface area (Å²) in [4.78, 5) is 11.0. The molecular formula is C13H12N2O5. The van der Waals surface area contributed by atoms with Crippen LogP contribution < -0.4 is 9.47 Å². The fraction of sp³-hybridized carbons (Fsp3) is 0.231. The van der Waals surface area contributed by atoms with Crippen molar-refractivity contribution < 1.29 is 24.5 Å². The molecule has 1 aliphatic heterocycles. The minimum Gasteiger partial charge on any atom is -0.476 e. The van der Waals surface area contributed by atoms with Crippen molar-refractivity contribution in [3.63, 3.8) is 0 Å². The number of hydrogen-bond donors (Lipinski definition) is 2. The number of rotatable bonds is 4. The molecule has 104 valence electrons. The Morgan fingerprint density at radius 3 is 2.85 bits per heavy atom. The second kappa shape index (κ2) is 4.86. The maximum absolute atomic E-state index is 11.0. The molecule has 1 aromatic heterocycles. The topological polar surface area (TPSA) is 93.8 Å². The second-order valence-electron chi connectivity index (χ2n) is 4.23. The van der Waals surface area contributed by atoms with Crippen LogP contribution >= 0.6 is 0 Å². The van der Waals surface area contributed by atoms with Gasteiger partial charge in [0.25, 0.3) is 0 Å². The number of fused-ring (bicyclic) bond motifs is 1. The molecule has 0 spiro atoms. The lowest BCUT2D eigenvalue weighted by Crippen LogP contribution is -2.07. The van der Waals surface area contributed by atoms with Crippen LogP contribution in [0.15, 0.2) is 24.3 Å². The predicted molar refractivity (Wildman–Crippen MR) is 67.8 cm³/mol. The van der Waals surface area contributed by atoms with Crippen molar-refractivity contribution in [2.45, 2.75) is 6.54 Å². The quantitative estimate of drug-likeness (QED) is 0.864. The average molecular weight is 276 g/mol. The van der Waals surface area contributed by atoms with Gasteiger partial charge in [-0.15, -0.1) is 0 Å². The number of carboxylic acid groups (broad SMARTS) is 1. The lowest BCUT2D eigenvalue weighted by atomic mass is 10.1. The number of hydrogen-bond acceptors (Lipinski definition) is 5. The van der Waals surface area contributed by atoms with Gasteiger partial charge in [0.1, 0.15) is 0 Å². The maximum Gasteiger partial charge on any atom is 0.356 e. The highest BCUT2D eigenvalue weighted by Crippen LogP contribution is 2.36. The number of nitrogens with zero attached hydrogens (tertiary/aromatic N) is 2. The van der Waals surface area contributed by atoms with Crippen molar-refractivity contribution in [2.75, 3.05) is 13.4 Å². The van der Waals surface area contributed by atoms with E-state index in [1.54, 1.807) is 18.2 Å². The van der Waals surface area contributed by atoms with Crippen LogP contribution in [-0.4, -0.2) is 39.4 Å². The molecular weight excluding hydrogens is 264 g/mol. The van der Waals surface area contributed by atoms with Gasteiger partial charge < -0.3 is 19.7 Å². The molecule has 0 fully saturated rings. The molecule has 20 heavy (non-hydrogen) atoms. The van der Waals surface area contributed by atoms with Gasteiger partial charge in [-0.25, -0.2) is 4.79 Å². The Morgan fingerprint density at radius 1 is 1.30 bits per heavy atom. The van der Waals surface area contributed by atoms with Crippen molar-refractivity contribution in [1.29, 1.82) is 0 Å². The SMILES string of the molecule is O=C(O)c1cc(-c2ccc3c(c2)OCO3)n(CCO)n1. The van der Waals surface area contributed by atoms with Gasteiger partial charge in [-0.05, 0) is 24.3 Å². The van der Waals surface area contributed by atoms with Crippen molar-refractivity contribution in [3.8, 4) is 22.8 Å². The molecule has 0 radical (unpaired) electrons. The normalized spacial score (nSPS) is 12.7. The third kappa shape index (κ3) is 2.08. The Kier molecular flexibility index (Phi) is 3.03. The summed E-state index contributed by atoms with van der Waals surface area (Å²) in [6, 6.07) is 6.78. The largest absolute Gasteiger partial charge is 0.476 e. The van der Waals surface area contributed by atoms with E-state index >= 15 is 0 Å². The first kappa shape index (κ1) is 12.5. The summed E-state index contributed by atoms with van der Waals surface area (Å²) in [5.74, 6) is 0.153. The maximum atomic E-state index is 11.0. The highest BCUT2D eigenvalue weighted by atomic mass is 16.7. The molecule has 0 unspecified atom stereocenters. The van der Waals surface area contributed by atoms with E-state index in [9.17, 15) is 4.79 Å². The van der Waals surface area contributed by atoms with Gasteiger partial charge in [-0.1, -0.05) is 0 Å². The molecule has 3 rings (SSSR count). The Balaban J connectivity index is 2.06. The van der Waals surface area contributed by atoms with Crippen LogP contribution in [0.2, 0.25) is 0 Å². The van der Waals surface area contributed by atoms with Crippen LogP contribution in [0.5, 0.6) is 11.5 Å². The van der Waals surface area contributed by atoms with E-state index in [1.807, 2.05) is 0 Å². The lowest BCUT2D eigenvalue weighted by Gasteiger charge is -2.06. The molecule has 0 atom stereocenters. The van der Waals surface area contributed by atoms with Crippen LogP contribution in [0.3, 0.4) is 0 Å². The summed E-state index contributed by atoms with van der Waals surface area (Å²) in [6.45, 7) is 0.268. The highest BCUT2D eigenvalue weighted by molar-refractivity contribution is 5.87. The molecule has 0 saturated heterocycles. The first-order chi connectivity index (χ1) is 9.69. The number of benzene rings is 1. The summed E-state index contributed by atoms with van der Waals surface area (Å²) >= 11 is 0. The Labute approximate surface area is 114 Å². The van der Waals surface area contributed by atoms with Crippen LogP contribution in [0.1, 0.15) is 10.5 Å². The van der Waals surface area contributed by atoms with Crippen LogP contribution in [0.4, 0.5) is 0 Å². The zero-order valence-corrected chi connectivity index (χ0v) is 10.4. The van der Waals surface area contributed by atoms with Gasteiger partial charge in [0.05, 0.1) is 18.8 Å². The average Bonchev–Trinajstić information content (AvgIpc) is 3.04. The predicted octanol–water partition coefficient (Wildman–Crippen LogP) is 0.969. The molecule has 7 heteroatoms. The monoisotopic (exact) mass is 276 g/mol. The van der Waals surface area contributed by atoms with E-state index < -0.39 is 5.97 Å².